The summed E-state index contributed by atoms with van der Waals surface area (Å²) in [7, 11) is 0. The Bertz CT molecular complexity index is 1080. The lowest BCUT2D eigenvalue weighted by molar-refractivity contribution is -0.131. The van der Waals surface area contributed by atoms with Crippen LogP contribution in [0.2, 0.25) is 0 Å². The van der Waals surface area contributed by atoms with E-state index in [2.05, 4.69) is 15.5 Å². The zero-order chi connectivity index (χ0) is 21.3. The van der Waals surface area contributed by atoms with E-state index in [0.29, 0.717) is 12.5 Å². The topological polar surface area (TPSA) is 97.6 Å². The monoisotopic (exact) mass is 406 g/mol. The molecule has 1 N–H and O–H groups in total. The first-order valence-corrected chi connectivity index (χ1v) is 9.67. The Morgan fingerprint density at radius 2 is 1.77 bits per heavy atom. The normalized spacial score (nSPS) is 18.6. The molecule has 4 rings (SSSR count). The molecule has 1 aromatic heterocycles. The average molecular weight is 406 g/mol. The third kappa shape index (κ3) is 3.52. The van der Waals surface area contributed by atoms with Crippen molar-refractivity contribution >= 4 is 11.9 Å². The van der Waals surface area contributed by atoms with Crippen molar-refractivity contribution in [1.29, 1.82) is 0 Å². The van der Waals surface area contributed by atoms with Crippen molar-refractivity contribution in [3.8, 4) is 17.2 Å². The van der Waals surface area contributed by atoms with E-state index in [4.69, 9.17) is 9.15 Å². The summed E-state index contributed by atoms with van der Waals surface area (Å²) in [5.41, 5.74) is 1.38. The van der Waals surface area contributed by atoms with Gasteiger partial charge in [-0.25, -0.2) is 4.79 Å². The maximum atomic E-state index is 13.0. The lowest BCUT2D eigenvalue weighted by Crippen LogP contribution is -2.40. The Hall–Kier alpha value is -3.68. The Labute approximate surface area is 173 Å². The first-order chi connectivity index (χ1) is 14.4. The number of aromatic nitrogens is 2. The molecule has 0 aliphatic carbocycles. The number of carbonyl (C=O) groups is 2. The predicted molar refractivity (Wildman–Crippen MR) is 109 cm³/mol. The molecule has 3 aromatic rings. The molecule has 2 aromatic carbocycles. The standard InChI is InChI=1S/C22H22N4O4/c1-4-29-17-11-7-15(8-12-17)19-25-24-18(30-19)13-26-20(27)22(3,23-21(26)28)16-9-5-14(2)6-10-16/h5-12H,4,13H2,1-3H3,(H,23,28)/t22-/m1/s1. The van der Waals surface area contributed by atoms with Crippen LogP contribution in [-0.4, -0.2) is 33.6 Å². The second-order valence-electron chi connectivity index (χ2n) is 7.27. The minimum atomic E-state index is -1.14. The molecule has 0 spiro atoms. The van der Waals surface area contributed by atoms with Gasteiger partial charge in [-0.1, -0.05) is 29.8 Å². The Morgan fingerprint density at radius 3 is 2.43 bits per heavy atom. The number of hydrogen-bond donors (Lipinski definition) is 1. The van der Waals surface area contributed by atoms with E-state index in [1.54, 1.807) is 6.92 Å². The quantitative estimate of drug-likeness (QED) is 0.630. The molecule has 0 bridgehead atoms. The fraction of sp³-hybridized carbons (Fsp3) is 0.273. The summed E-state index contributed by atoms with van der Waals surface area (Å²) in [6.45, 7) is 6.05. The lowest BCUT2D eigenvalue weighted by Gasteiger charge is -2.22. The summed E-state index contributed by atoms with van der Waals surface area (Å²) in [5.74, 6) is 0.866. The highest BCUT2D eigenvalue weighted by Crippen LogP contribution is 2.30. The maximum Gasteiger partial charge on any atom is 0.325 e. The van der Waals surface area contributed by atoms with Crippen molar-refractivity contribution in [2.45, 2.75) is 32.9 Å². The van der Waals surface area contributed by atoms with Crippen molar-refractivity contribution in [3.05, 3.63) is 65.5 Å². The number of hydrogen-bond acceptors (Lipinski definition) is 6. The fourth-order valence-electron chi connectivity index (χ4n) is 3.35. The smallest absolute Gasteiger partial charge is 0.325 e. The van der Waals surface area contributed by atoms with Crippen molar-refractivity contribution in [2.24, 2.45) is 0 Å². The highest BCUT2D eigenvalue weighted by atomic mass is 16.5. The first kappa shape index (κ1) is 19.6. The van der Waals surface area contributed by atoms with E-state index in [0.717, 1.165) is 27.3 Å². The second-order valence-corrected chi connectivity index (χ2v) is 7.27. The molecule has 0 unspecified atom stereocenters. The van der Waals surface area contributed by atoms with Crippen LogP contribution in [0.1, 0.15) is 30.9 Å². The minimum absolute atomic E-state index is 0.101. The molecule has 0 saturated carbocycles. The number of benzene rings is 2. The largest absolute Gasteiger partial charge is 0.494 e. The summed E-state index contributed by atoms with van der Waals surface area (Å²) >= 11 is 0. The molecule has 1 aliphatic rings. The predicted octanol–water partition coefficient (Wildman–Crippen LogP) is 3.41. The van der Waals surface area contributed by atoms with Crippen LogP contribution in [0.15, 0.2) is 52.9 Å². The SMILES string of the molecule is CCOc1ccc(-c2nnc(CN3C(=O)N[C@](C)(c4ccc(C)cc4)C3=O)o2)cc1. The number of amides is 3. The van der Waals surface area contributed by atoms with Gasteiger partial charge in [0.1, 0.15) is 17.8 Å². The van der Waals surface area contributed by atoms with Gasteiger partial charge in [0.15, 0.2) is 0 Å². The Balaban J connectivity index is 1.51. The van der Waals surface area contributed by atoms with E-state index in [1.807, 2.05) is 62.4 Å². The molecular formula is C22H22N4O4. The number of nitrogens with one attached hydrogen (secondary N) is 1. The molecule has 1 saturated heterocycles. The number of nitrogens with zero attached hydrogens (tertiary/aromatic N) is 3. The van der Waals surface area contributed by atoms with Gasteiger partial charge in [-0.05, 0) is 50.6 Å². The van der Waals surface area contributed by atoms with Crippen LogP contribution in [0.5, 0.6) is 5.75 Å². The summed E-state index contributed by atoms with van der Waals surface area (Å²) in [5, 5.41) is 10.8. The summed E-state index contributed by atoms with van der Waals surface area (Å²) < 4.78 is 11.1. The molecular weight excluding hydrogens is 384 g/mol. The zero-order valence-corrected chi connectivity index (χ0v) is 17.0. The Morgan fingerprint density at radius 1 is 1.07 bits per heavy atom. The van der Waals surface area contributed by atoms with Gasteiger partial charge in [0.05, 0.1) is 6.61 Å². The highest BCUT2D eigenvalue weighted by molar-refractivity contribution is 6.07. The molecule has 1 aliphatic heterocycles. The number of rotatable bonds is 6. The van der Waals surface area contributed by atoms with Crippen LogP contribution >= 0.6 is 0 Å². The number of ether oxygens (including phenoxy) is 1. The molecule has 30 heavy (non-hydrogen) atoms. The van der Waals surface area contributed by atoms with Crippen LogP contribution < -0.4 is 10.1 Å². The van der Waals surface area contributed by atoms with E-state index < -0.39 is 11.6 Å². The van der Waals surface area contributed by atoms with E-state index >= 15 is 0 Å². The maximum absolute atomic E-state index is 13.0. The molecule has 154 valence electrons. The molecule has 1 atom stereocenters. The van der Waals surface area contributed by atoms with Crippen LogP contribution in [0.4, 0.5) is 4.79 Å². The number of aryl methyl sites for hydroxylation is 1. The van der Waals surface area contributed by atoms with Gasteiger partial charge in [0.25, 0.3) is 5.91 Å². The average Bonchev–Trinajstić information content (AvgIpc) is 3.29. The van der Waals surface area contributed by atoms with Crippen molar-refractivity contribution in [1.82, 2.24) is 20.4 Å². The van der Waals surface area contributed by atoms with E-state index in [9.17, 15) is 9.59 Å². The number of imide groups is 1. The third-order valence-electron chi connectivity index (χ3n) is 5.08. The van der Waals surface area contributed by atoms with Gasteiger partial charge in [-0.2, -0.15) is 0 Å². The van der Waals surface area contributed by atoms with Gasteiger partial charge in [0, 0.05) is 5.56 Å². The molecule has 8 nitrogen and oxygen atoms in total. The van der Waals surface area contributed by atoms with Gasteiger partial charge in [0.2, 0.25) is 11.8 Å². The van der Waals surface area contributed by atoms with Crippen molar-refractivity contribution in [3.63, 3.8) is 0 Å². The van der Waals surface area contributed by atoms with Crippen molar-refractivity contribution < 1.29 is 18.7 Å². The number of carbonyl (C=O) groups excluding carboxylic acids is 2. The minimum Gasteiger partial charge on any atom is -0.494 e. The van der Waals surface area contributed by atoms with E-state index in [-0.39, 0.29) is 18.3 Å². The lowest BCUT2D eigenvalue weighted by atomic mass is 9.91. The first-order valence-electron chi connectivity index (χ1n) is 9.67. The summed E-state index contributed by atoms with van der Waals surface area (Å²) in [6.07, 6.45) is 0. The van der Waals surface area contributed by atoms with Crippen LogP contribution in [0.3, 0.4) is 0 Å². The van der Waals surface area contributed by atoms with Crippen LogP contribution in [-0.2, 0) is 16.9 Å². The van der Waals surface area contributed by atoms with Crippen LogP contribution in [0, 0.1) is 6.92 Å². The highest BCUT2D eigenvalue weighted by Gasteiger charge is 2.49. The summed E-state index contributed by atoms with van der Waals surface area (Å²) in [4.78, 5) is 26.6. The molecule has 0 radical (unpaired) electrons. The summed E-state index contributed by atoms with van der Waals surface area (Å²) in [6, 6.07) is 14.2. The van der Waals surface area contributed by atoms with Gasteiger partial charge < -0.3 is 14.5 Å². The van der Waals surface area contributed by atoms with Crippen LogP contribution in [0.25, 0.3) is 11.5 Å². The van der Waals surface area contributed by atoms with Gasteiger partial charge in [-0.3, -0.25) is 9.69 Å². The fourth-order valence-corrected chi connectivity index (χ4v) is 3.35. The van der Waals surface area contributed by atoms with E-state index in [1.165, 1.54) is 0 Å². The second kappa shape index (κ2) is 7.62. The molecule has 8 heteroatoms. The van der Waals surface area contributed by atoms with Gasteiger partial charge >= 0.3 is 6.03 Å². The zero-order valence-electron chi connectivity index (χ0n) is 17.0. The molecule has 1 fully saturated rings. The molecule has 2 heterocycles. The van der Waals surface area contributed by atoms with Gasteiger partial charge in [-0.15, -0.1) is 10.2 Å². The Kier molecular flexibility index (Phi) is 4.99. The third-order valence-corrected chi connectivity index (χ3v) is 5.08. The number of urea groups is 1. The van der Waals surface area contributed by atoms with Crippen molar-refractivity contribution in [2.75, 3.05) is 6.61 Å². The molecule has 3 amide bonds.